The number of aryl methyl sites for hydroxylation is 3. The molecular formula is C12H16O3. The van der Waals surface area contributed by atoms with Crippen molar-refractivity contribution >= 4 is 5.97 Å². The third kappa shape index (κ3) is 2.98. The fourth-order valence-electron chi connectivity index (χ4n) is 1.47. The second-order valence-electron chi connectivity index (χ2n) is 3.64. The summed E-state index contributed by atoms with van der Waals surface area (Å²) in [5.74, 6) is 0.0921. The molecule has 0 saturated heterocycles. The Morgan fingerprint density at radius 1 is 1.33 bits per heavy atom. The summed E-state index contributed by atoms with van der Waals surface area (Å²) in [6.45, 7) is 3.77. The van der Waals surface area contributed by atoms with Gasteiger partial charge in [-0.2, -0.15) is 0 Å². The van der Waals surface area contributed by atoms with Crippen molar-refractivity contribution < 1.29 is 14.6 Å². The first-order valence-electron chi connectivity index (χ1n) is 4.90. The van der Waals surface area contributed by atoms with Crippen LogP contribution >= 0.6 is 0 Å². The van der Waals surface area contributed by atoms with Gasteiger partial charge in [0.2, 0.25) is 0 Å². The molecule has 0 saturated carbocycles. The molecule has 0 aliphatic carbocycles. The predicted octanol–water partition coefficient (Wildman–Crippen LogP) is 2.11. The molecule has 0 aliphatic heterocycles. The molecule has 1 aromatic carbocycles. The summed E-state index contributed by atoms with van der Waals surface area (Å²) in [6, 6.07) is 3.63. The van der Waals surface area contributed by atoms with Crippen molar-refractivity contribution in [2.24, 2.45) is 0 Å². The Hall–Kier alpha value is -1.51. The molecule has 0 radical (unpaired) electrons. The second kappa shape index (κ2) is 4.82. The van der Waals surface area contributed by atoms with E-state index in [-0.39, 0.29) is 5.97 Å². The second-order valence-corrected chi connectivity index (χ2v) is 3.64. The predicted molar refractivity (Wildman–Crippen MR) is 57.9 cm³/mol. The number of benzene rings is 1. The number of phenolic OH excluding ortho intramolecular Hbond substituents is 1. The lowest BCUT2D eigenvalue weighted by molar-refractivity contribution is -0.140. The maximum atomic E-state index is 11.0. The van der Waals surface area contributed by atoms with Crippen molar-refractivity contribution in [3.05, 3.63) is 28.8 Å². The highest BCUT2D eigenvalue weighted by atomic mass is 16.5. The molecule has 1 aromatic rings. The monoisotopic (exact) mass is 208 g/mol. The van der Waals surface area contributed by atoms with Crippen LogP contribution in [0.1, 0.15) is 23.1 Å². The van der Waals surface area contributed by atoms with E-state index in [0.29, 0.717) is 18.6 Å². The molecule has 0 unspecified atom stereocenters. The van der Waals surface area contributed by atoms with Gasteiger partial charge >= 0.3 is 5.97 Å². The van der Waals surface area contributed by atoms with Gasteiger partial charge in [0.1, 0.15) is 5.75 Å². The Morgan fingerprint density at radius 3 is 2.60 bits per heavy atom. The summed E-state index contributed by atoms with van der Waals surface area (Å²) in [7, 11) is 1.39. The Bertz CT molecular complexity index is 369. The van der Waals surface area contributed by atoms with Crippen LogP contribution < -0.4 is 0 Å². The fraction of sp³-hybridized carbons (Fsp3) is 0.417. The van der Waals surface area contributed by atoms with Gasteiger partial charge in [-0.15, -0.1) is 0 Å². The van der Waals surface area contributed by atoms with E-state index >= 15 is 0 Å². The summed E-state index contributed by atoms with van der Waals surface area (Å²) in [6.07, 6.45) is 1.03. The minimum absolute atomic E-state index is 0.208. The topological polar surface area (TPSA) is 46.5 Å². The number of carbonyl (C=O) groups is 1. The van der Waals surface area contributed by atoms with E-state index in [0.717, 1.165) is 16.7 Å². The highest BCUT2D eigenvalue weighted by Crippen LogP contribution is 2.22. The van der Waals surface area contributed by atoms with Crippen LogP contribution in [0.4, 0.5) is 0 Å². The van der Waals surface area contributed by atoms with Gasteiger partial charge in [0.25, 0.3) is 0 Å². The van der Waals surface area contributed by atoms with Gasteiger partial charge < -0.3 is 9.84 Å². The molecule has 0 atom stereocenters. The normalized spacial score (nSPS) is 10.1. The molecule has 1 rings (SSSR count). The number of esters is 1. The first-order valence-corrected chi connectivity index (χ1v) is 4.90. The first-order chi connectivity index (χ1) is 7.04. The number of aromatic hydroxyl groups is 1. The van der Waals surface area contributed by atoms with Gasteiger partial charge in [-0.3, -0.25) is 4.79 Å². The molecule has 1 N–H and O–H groups in total. The van der Waals surface area contributed by atoms with Crippen molar-refractivity contribution in [2.45, 2.75) is 26.7 Å². The minimum atomic E-state index is -0.208. The summed E-state index contributed by atoms with van der Waals surface area (Å²) in [5.41, 5.74) is 2.91. The lowest BCUT2D eigenvalue weighted by Gasteiger charge is -2.08. The summed E-state index contributed by atoms with van der Waals surface area (Å²) < 4.78 is 4.58. The Kier molecular flexibility index (Phi) is 3.72. The first kappa shape index (κ1) is 11.6. The molecule has 82 valence electrons. The van der Waals surface area contributed by atoms with E-state index in [1.807, 2.05) is 19.9 Å². The molecule has 3 nitrogen and oxygen atoms in total. The molecule has 0 fully saturated rings. The number of carbonyl (C=O) groups excluding carboxylic acids is 1. The molecule has 0 amide bonds. The Balaban J connectivity index is 2.77. The fourth-order valence-corrected chi connectivity index (χ4v) is 1.47. The third-order valence-corrected chi connectivity index (χ3v) is 2.48. The summed E-state index contributed by atoms with van der Waals surface area (Å²) >= 11 is 0. The van der Waals surface area contributed by atoms with E-state index in [1.165, 1.54) is 7.11 Å². The summed E-state index contributed by atoms with van der Waals surface area (Å²) in [5, 5.41) is 9.46. The van der Waals surface area contributed by atoms with E-state index in [1.54, 1.807) is 6.07 Å². The summed E-state index contributed by atoms with van der Waals surface area (Å²) in [4.78, 5) is 11.0. The van der Waals surface area contributed by atoms with Crippen LogP contribution in [0.2, 0.25) is 0 Å². The van der Waals surface area contributed by atoms with Gasteiger partial charge in [-0.25, -0.2) is 0 Å². The van der Waals surface area contributed by atoms with Crippen LogP contribution in [0.25, 0.3) is 0 Å². The Labute approximate surface area is 89.7 Å². The van der Waals surface area contributed by atoms with Crippen molar-refractivity contribution in [3.8, 4) is 5.75 Å². The van der Waals surface area contributed by atoms with Crippen molar-refractivity contribution in [1.29, 1.82) is 0 Å². The minimum Gasteiger partial charge on any atom is -0.508 e. The largest absolute Gasteiger partial charge is 0.508 e. The maximum absolute atomic E-state index is 11.0. The van der Waals surface area contributed by atoms with Crippen LogP contribution in [0.3, 0.4) is 0 Å². The molecule has 0 heterocycles. The van der Waals surface area contributed by atoms with Crippen LogP contribution in [0, 0.1) is 13.8 Å². The number of hydrogen-bond acceptors (Lipinski definition) is 3. The maximum Gasteiger partial charge on any atom is 0.305 e. The van der Waals surface area contributed by atoms with Gasteiger partial charge in [0.15, 0.2) is 0 Å². The lowest BCUT2D eigenvalue weighted by Crippen LogP contribution is -2.03. The molecule has 0 spiro atoms. The molecule has 15 heavy (non-hydrogen) atoms. The molecule has 0 aliphatic rings. The van der Waals surface area contributed by atoms with Crippen molar-refractivity contribution in [1.82, 2.24) is 0 Å². The van der Waals surface area contributed by atoms with Gasteiger partial charge in [-0.1, -0.05) is 6.07 Å². The van der Waals surface area contributed by atoms with Gasteiger partial charge in [0, 0.05) is 6.42 Å². The average molecular weight is 208 g/mol. The van der Waals surface area contributed by atoms with Crippen LogP contribution in [-0.4, -0.2) is 18.2 Å². The highest BCUT2D eigenvalue weighted by Gasteiger charge is 2.06. The number of phenols is 1. The van der Waals surface area contributed by atoms with Gasteiger partial charge in [-0.05, 0) is 43.0 Å². The number of methoxy groups -OCH3 is 1. The van der Waals surface area contributed by atoms with E-state index in [4.69, 9.17) is 0 Å². The zero-order valence-electron chi connectivity index (χ0n) is 9.33. The average Bonchev–Trinajstić information content (AvgIpc) is 2.21. The quantitative estimate of drug-likeness (QED) is 0.774. The smallest absolute Gasteiger partial charge is 0.305 e. The van der Waals surface area contributed by atoms with Gasteiger partial charge in [0.05, 0.1) is 7.11 Å². The molecule has 0 aromatic heterocycles. The standard InChI is InChI=1S/C12H16O3/c1-8-7-11(13)9(2)6-10(8)4-5-12(14)15-3/h6-7,13H,4-5H2,1-3H3. The van der Waals surface area contributed by atoms with E-state index in [9.17, 15) is 9.90 Å². The van der Waals surface area contributed by atoms with Crippen molar-refractivity contribution in [2.75, 3.05) is 7.11 Å². The molecule has 3 heteroatoms. The van der Waals surface area contributed by atoms with E-state index < -0.39 is 0 Å². The zero-order valence-corrected chi connectivity index (χ0v) is 9.33. The van der Waals surface area contributed by atoms with Crippen LogP contribution in [0.5, 0.6) is 5.75 Å². The van der Waals surface area contributed by atoms with Crippen molar-refractivity contribution in [3.63, 3.8) is 0 Å². The van der Waals surface area contributed by atoms with E-state index in [2.05, 4.69) is 4.74 Å². The molecular weight excluding hydrogens is 192 g/mol. The van der Waals surface area contributed by atoms with Crippen LogP contribution in [-0.2, 0) is 16.0 Å². The van der Waals surface area contributed by atoms with Crippen LogP contribution in [0.15, 0.2) is 12.1 Å². The zero-order chi connectivity index (χ0) is 11.4. The number of ether oxygens (including phenoxy) is 1. The number of hydrogen-bond donors (Lipinski definition) is 1. The lowest BCUT2D eigenvalue weighted by atomic mass is 10.0. The third-order valence-electron chi connectivity index (χ3n) is 2.48. The molecule has 0 bridgehead atoms. The Morgan fingerprint density at radius 2 is 2.00 bits per heavy atom. The SMILES string of the molecule is COC(=O)CCc1cc(C)c(O)cc1C. The number of rotatable bonds is 3. The highest BCUT2D eigenvalue weighted by molar-refractivity contribution is 5.69.